The van der Waals surface area contributed by atoms with Crippen molar-refractivity contribution in [2.45, 2.75) is 6.92 Å². The number of esters is 1. The van der Waals surface area contributed by atoms with E-state index in [1.807, 2.05) is 6.07 Å². The van der Waals surface area contributed by atoms with Gasteiger partial charge >= 0.3 is 5.97 Å². The zero-order chi connectivity index (χ0) is 18.4. The van der Waals surface area contributed by atoms with Gasteiger partial charge in [0, 0.05) is 5.56 Å². The maximum absolute atomic E-state index is 12.6. The van der Waals surface area contributed by atoms with E-state index in [1.165, 1.54) is 14.2 Å². The molecule has 0 spiro atoms. The van der Waals surface area contributed by atoms with Gasteiger partial charge in [0.2, 0.25) is 0 Å². The second-order valence-electron chi connectivity index (χ2n) is 5.01. The summed E-state index contributed by atoms with van der Waals surface area (Å²) in [6, 6.07) is 8.94. The van der Waals surface area contributed by atoms with Crippen LogP contribution in [0.5, 0.6) is 23.0 Å². The van der Waals surface area contributed by atoms with Crippen molar-refractivity contribution >= 4 is 5.97 Å². The van der Waals surface area contributed by atoms with E-state index < -0.39 is 5.97 Å². The third-order valence-electron chi connectivity index (χ3n) is 3.72. The van der Waals surface area contributed by atoms with Crippen LogP contribution in [0.4, 0.5) is 0 Å². The van der Waals surface area contributed by atoms with E-state index in [-0.39, 0.29) is 6.61 Å². The van der Waals surface area contributed by atoms with Gasteiger partial charge in [-0.2, -0.15) is 0 Å². The fourth-order valence-electron chi connectivity index (χ4n) is 2.58. The van der Waals surface area contributed by atoms with Crippen LogP contribution in [-0.2, 0) is 4.74 Å². The minimum absolute atomic E-state index is 0.255. The highest BCUT2D eigenvalue weighted by atomic mass is 16.5. The molecule has 0 atom stereocenters. The molecule has 0 aliphatic carbocycles. The van der Waals surface area contributed by atoms with Crippen molar-refractivity contribution in [1.29, 1.82) is 0 Å². The summed E-state index contributed by atoms with van der Waals surface area (Å²) in [4.78, 5) is 12.6. The number of benzene rings is 2. The number of rotatable bonds is 7. The van der Waals surface area contributed by atoms with Crippen molar-refractivity contribution in [3.8, 4) is 34.1 Å². The van der Waals surface area contributed by atoms with Crippen LogP contribution in [0, 0.1) is 0 Å². The van der Waals surface area contributed by atoms with Crippen LogP contribution in [0.25, 0.3) is 11.1 Å². The van der Waals surface area contributed by atoms with Crippen LogP contribution in [-0.4, -0.2) is 41.0 Å². The van der Waals surface area contributed by atoms with Crippen molar-refractivity contribution < 1.29 is 28.5 Å². The van der Waals surface area contributed by atoms with E-state index in [2.05, 4.69) is 0 Å². The molecule has 25 heavy (non-hydrogen) atoms. The van der Waals surface area contributed by atoms with Crippen LogP contribution in [0.2, 0.25) is 0 Å². The average molecular weight is 346 g/mol. The number of carbonyl (C=O) groups excluding carboxylic acids is 1. The lowest BCUT2D eigenvalue weighted by molar-refractivity contribution is 0.0523. The molecule has 0 amide bonds. The summed E-state index contributed by atoms with van der Waals surface area (Å²) in [6.45, 7) is 2.01. The van der Waals surface area contributed by atoms with Gasteiger partial charge in [0.15, 0.2) is 23.0 Å². The van der Waals surface area contributed by atoms with E-state index in [0.717, 1.165) is 5.56 Å². The van der Waals surface area contributed by atoms with E-state index in [0.29, 0.717) is 34.1 Å². The predicted octanol–water partition coefficient (Wildman–Crippen LogP) is 3.56. The number of ether oxygens (including phenoxy) is 5. The van der Waals surface area contributed by atoms with E-state index in [1.54, 1.807) is 45.4 Å². The Bertz CT molecular complexity index is 754. The van der Waals surface area contributed by atoms with Crippen LogP contribution >= 0.6 is 0 Å². The smallest absolute Gasteiger partial charge is 0.342 e. The second kappa shape index (κ2) is 8.28. The Balaban J connectivity index is 2.70. The quantitative estimate of drug-likeness (QED) is 0.714. The Morgan fingerprint density at radius 2 is 1.48 bits per heavy atom. The fourth-order valence-corrected chi connectivity index (χ4v) is 2.58. The van der Waals surface area contributed by atoms with Crippen LogP contribution in [0.15, 0.2) is 30.3 Å². The van der Waals surface area contributed by atoms with Gasteiger partial charge in [0.05, 0.1) is 35.0 Å². The summed E-state index contributed by atoms with van der Waals surface area (Å²) >= 11 is 0. The van der Waals surface area contributed by atoms with E-state index in [4.69, 9.17) is 23.7 Å². The van der Waals surface area contributed by atoms with Crippen molar-refractivity contribution in [2.75, 3.05) is 35.0 Å². The molecule has 2 rings (SSSR count). The molecule has 0 bridgehead atoms. The molecule has 2 aromatic carbocycles. The molecule has 0 aromatic heterocycles. The van der Waals surface area contributed by atoms with Crippen molar-refractivity contribution in [1.82, 2.24) is 0 Å². The lowest BCUT2D eigenvalue weighted by atomic mass is 9.97. The summed E-state index contributed by atoms with van der Waals surface area (Å²) in [5.74, 6) is 1.46. The van der Waals surface area contributed by atoms with Gasteiger partial charge in [-0.1, -0.05) is 6.07 Å². The summed E-state index contributed by atoms with van der Waals surface area (Å²) in [5.41, 5.74) is 1.72. The van der Waals surface area contributed by atoms with Crippen molar-refractivity contribution in [3.63, 3.8) is 0 Å². The average Bonchev–Trinajstić information content (AvgIpc) is 2.66. The van der Waals surface area contributed by atoms with Gasteiger partial charge < -0.3 is 23.7 Å². The Kier molecular flexibility index (Phi) is 6.11. The molecule has 0 aliphatic heterocycles. The molecule has 2 aromatic rings. The molecule has 0 radical (unpaired) electrons. The molecule has 0 saturated heterocycles. The van der Waals surface area contributed by atoms with Gasteiger partial charge in [0.1, 0.15) is 5.56 Å². The van der Waals surface area contributed by atoms with Gasteiger partial charge in [-0.25, -0.2) is 4.79 Å². The molecule has 0 N–H and O–H groups in total. The zero-order valence-corrected chi connectivity index (χ0v) is 15.0. The van der Waals surface area contributed by atoms with Crippen LogP contribution < -0.4 is 18.9 Å². The molecular formula is C19H22O6. The Hall–Kier alpha value is -2.89. The van der Waals surface area contributed by atoms with Crippen molar-refractivity contribution in [3.05, 3.63) is 35.9 Å². The van der Waals surface area contributed by atoms with Gasteiger partial charge in [-0.3, -0.25) is 0 Å². The molecule has 134 valence electrons. The molecule has 0 fully saturated rings. The minimum Gasteiger partial charge on any atom is -0.493 e. The summed E-state index contributed by atoms with van der Waals surface area (Å²) < 4.78 is 26.5. The molecule has 0 aliphatic rings. The number of carbonyl (C=O) groups is 1. The maximum atomic E-state index is 12.6. The van der Waals surface area contributed by atoms with Gasteiger partial charge in [-0.15, -0.1) is 0 Å². The zero-order valence-electron chi connectivity index (χ0n) is 15.0. The lowest BCUT2D eigenvalue weighted by Crippen LogP contribution is -2.10. The summed E-state index contributed by atoms with van der Waals surface area (Å²) in [6.07, 6.45) is 0. The Morgan fingerprint density at radius 3 is 2.04 bits per heavy atom. The highest BCUT2D eigenvalue weighted by Gasteiger charge is 2.24. The first-order valence-corrected chi connectivity index (χ1v) is 7.75. The molecular weight excluding hydrogens is 324 g/mol. The van der Waals surface area contributed by atoms with E-state index in [9.17, 15) is 4.79 Å². The largest absolute Gasteiger partial charge is 0.493 e. The molecule has 0 unspecified atom stereocenters. The molecule has 6 nitrogen and oxygen atoms in total. The number of hydrogen-bond acceptors (Lipinski definition) is 6. The lowest BCUT2D eigenvalue weighted by Gasteiger charge is -2.17. The monoisotopic (exact) mass is 346 g/mol. The van der Waals surface area contributed by atoms with Crippen molar-refractivity contribution in [2.24, 2.45) is 0 Å². The first-order chi connectivity index (χ1) is 12.1. The third kappa shape index (κ3) is 3.63. The van der Waals surface area contributed by atoms with E-state index >= 15 is 0 Å². The predicted molar refractivity (Wildman–Crippen MR) is 94.0 cm³/mol. The molecule has 0 saturated carbocycles. The van der Waals surface area contributed by atoms with Crippen LogP contribution in [0.3, 0.4) is 0 Å². The normalized spacial score (nSPS) is 10.1. The molecule has 6 heteroatoms. The fraction of sp³-hybridized carbons (Fsp3) is 0.316. The SMILES string of the molecule is CCOC(=O)c1c(-c2ccc(OC)c(OC)c2)ccc(OC)c1OC. The Labute approximate surface area is 147 Å². The van der Waals surface area contributed by atoms with Crippen LogP contribution in [0.1, 0.15) is 17.3 Å². The standard InChI is InChI=1S/C19H22O6/c1-6-25-19(20)17-13(8-10-15(22-3)18(17)24-5)12-7-9-14(21-2)16(11-12)23-4/h7-11H,6H2,1-5H3. The van der Waals surface area contributed by atoms with Gasteiger partial charge in [0.25, 0.3) is 0 Å². The Morgan fingerprint density at radius 1 is 0.840 bits per heavy atom. The summed E-state index contributed by atoms with van der Waals surface area (Å²) in [7, 11) is 6.13. The minimum atomic E-state index is -0.483. The maximum Gasteiger partial charge on any atom is 0.342 e. The summed E-state index contributed by atoms with van der Waals surface area (Å²) in [5, 5.41) is 0. The second-order valence-corrected chi connectivity index (χ2v) is 5.01. The first-order valence-electron chi connectivity index (χ1n) is 7.75. The highest BCUT2D eigenvalue weighted by molar-refractivity contribution is 6.01. The highest BCUT2D eigenvalue weighted by Crippen LogP contribution is 2.40. The van der Waals surface area contributed by atoms with Gasteiger partial charge in [-0.05, 0) is 36.8 Å². The third-order valence-corrected chi connectivity index (χ3v) is 3.72. The number of methoxy groups -OCH3 is 4. The number of hydrogen-bond donors (Lipinski definition) is 0. The first kappa shape index (κ1) is 18.4. The molecule has 0 heterocycles. The topological polar surface area (TPSA) is 63.2 Å².